The number of Topliss-reactive ketones (excluding diaryl/α,β-unsaturated/α-hetero) is 1. The molecule has 2 aromatic rings. The van der Waals surface area contributed by atoms with E-state index >= 15 is 0 Å². The van der Waals surface area contributed by atoms with Crippen LogP contribution in [0.15, 0.2) is 48.0 Å². The molecule has 1 heterocycles. The fourth-order valence-corrected chi connectivity index (χ4v) is 4.05. The molecule has 3 rings (SSSR count). The normalized spacial score (nSPS) is 17.9. The van der Waals surface area contributed by atoms with Gasteiger partial charge in [-0.3, -0.25) is 9.59 Å². The monoisotopic (exact) mass is 463 g/mol. The van der Waals surface area contributed by atoms with E-state index in [0.717, 1.165) is 0 Å². The first-order valence-electron chi connectivity index (χ1n) is 9.84. The van der Waals surface area contributed by atoms with E-state index in [-0.39, 0.29) is 17.9 Å². The van der Waals surface area contributed by atoms with Crippen LogP contribution in [0.25, 0.3) is 5.76 Å². The Labute approximate surface area is 191 Å². The van der Waals surface area contributed by atoms with Crippen molar-refractivity contribution >= 4 is 40.7 Å². The number of benzene rings is 2. The molecule has 1 N–H and O–H groups in total. The minimum absolute atomic E-state index is 0.0178. The molecule has 0 radical (unpaired) electrons. The predicted octanol–water partition coefficient (Wildman–Crippen LogP) is 4.85. The quantitative estimate of drug-likeness (QED) is 0.262. The number of ether oxygens (including phenoxy) is 2. The maximum atomic E-state index is 13.0. The Morgan fingerprint density at radius 2 is 1.84 bits per heavy atom. The molecule has 0 aromatic heterocycles. The molecule has 1 atom stereocenters. The molecule has 0 saturated carbocycles. The van der Waals surface area contributed by atoms with E-state index in [0.29, 0.717) is 46.6 Å². The van der Waals surface area contributed by atoms with Gasteiger partial charge in [0.15, 0.2) is 0 Å². The molecule has 0 bridgehead atoms. The molecular weight excluding hydrogens is 441 g/mol. The molecule has 1 saturated heterocycles. The number of ketones is 1. The molecule has 0 aliphatic carbocycles. The minimum Gasteiger partial charge on any atom is -0.507 e. The molecule has 1 aliphatic heterocycles. The van der Waals surface area contributed by atoms with Crippen LogP contribution >= 0.6 is 23.2 Å². The van der Waals surface area contributed by atoms with Crippen LogP contribution in [0.5, 0.6) is 5.75 Å². The summed E-state index contributed by atoms with van der Waals surface area (Å²) in [5.74, 6) is -1.13. The number of methoxy groups -OCH3 is 1. The van der Waals surface area contributed by atoms with Crippen molar-refractivity contribution in [2.24, 2.45) is 0 Å². The summed E-state index contributed by atoms with van der Waals surface area (Å²) < 4.78 is 10.5. The molecule has 1 amide bonds. The van der Waals surface area contributed by atoms with Crippen LogP contribution in [0.3, 0.4) is 0 Å². The van der Waals surface area contributed by atoms with E-state index in [9.17, 15) is 14.7 Å². The number of carbonyl (C=O) groups excluding carboxylic acids is 2. The summed E-state index contributed by atoms with van der Waals surface area (Å²) in [5.41, 5.74) is 0.885. The Morgan fingerprint density at radius 3 is 2.45 bits per heavy atom. The van der Waals surface area contributed by atoms with Crippen molar-refractivity contribution in [2.75, 3.05) is 26.9 Å². The maximum absolute atomic E-state index is 13.0. The minimum atomic E-state index is -0.839. The van der Waals surface area contributed by atoms with Gasteiger partial charge in [0.25, 0.3) is 11.7 Å². The molecule has 8 heteroatoms. The summed E-state index contributed by atoms with van der Waals surface area (Å²) in [7, 11) is 1.53. The van der Waals surface area contributed by atoms with Crippen LogP contribution in [-0.4, -0.2) is 48.6 Å². The summed E-state index contributed by atoms with van der Waals surface area (Å²) in [6.45, 7) is 3.16. The van der Waals surface area contributed by atoms with Crippen LogP contribution in [-0.2, 0) is 14.3 Å². The Balaban J connectivity index is 2.09. The molecule has 1 fully saturated rings. The first-order valence-corrected chi connectivity index (χ1v) is 10.6. The van der Waals surface area contributed by atoms with Gasteiger partial charge in [-0.2, -0.15) is 0 Å². The molecule has 2 aromatic carbocycles. The zero-order valence-corrected chi connectivity index (χ0v) is 18.7. The second-order valence-electron chi connectivity index (χ2n) is 6.94. The zero-order chi connectivity index (χ0) is 22.5. The summed E-state index contributed by atoms with van der Waals surface area (Å²) in [6, 6.07) is 10.6. The van der Waals surface area contributed by atoms with Crippen molar-refractivity contribution < 1.29 is 24.2 Å². The van der Waals surface area contributed by atoms with Crippen molar-refractivity contribution in [3.05, 3.63) is 69.2 Å². The van der Waals surface area contributed by atoms with E-state index in [2.05, 4.69) is 0 Å². The van der Waals surface area contributed by atoms with Gasteiger partial charge in [-0.05, 0) is 55.3 Å². The van der Waals surface area contributed by atoms with Gasteiger partial charge in [0.1, 0.15) is 11.5 Å². The second kappa shape index (κ2) is 10.2. The Kier molecular flexibility index (Phi) is 7.59. The van der Waals surface area contributed by atoms with Gasteiger partial charge in [-0.25, -0.2) is 0 Å². The number of aliphatic hydroxyl groups is 1. The summed E-state index contributed by atoms with van der Waals surface area (Å²) in [4.78, 5) is 27.3. The number of rotatable bonds is 8. The average molecular weight is 464 g/mol. The van der Waals surface area contributed by atoms with Gasteiger partial charge >= 0.3 is 0 Å². The number of aliphatic hydroxyl groups excluding tert-OH is 1. The van der Waals surface area contributed by atoms with Gasteiger partial charge in [-0.1, -0.05) is 29.3 Å². The third kappa shape index (κ3) is 4.87. The standard InChI is InChI=1S/C23H23Cl2NO5/c1-3-31-12-4-11-26-20(17-10-7-15(24)13-18(17)25)19(22(28)23(26)29)21(27)14-5-8-16(30-2)9-6-14/h5-10,13,20,27H,3-4,11-12H2,1-2H3. The van der Waals surface area contributed by atoms with E-state index in [1.54, 1.807) is 42.5 Å². The smallest absolute Gasteiger partial charge is 0.295 e. The van der Waals surface area contributed by atoms with Crippen LogP contribution in [0, 0.1) is 0 Å². The highest BCUT2D eigenvalue weighted by atomic mass is 35.5. The summed E-state index contributed by atoms with van der Waals surface area (Å²) >= 11 is 12.5. The van der Waals surface area contributed by atoms with Crippen LogP contribution in [0.2, 0.25) is 10.0 Å². The lowest BCUT2D eigenvalue weighted by molar-refractivity contribution is -0.140. The van der Waals surface area contributed by atoms with E-state index in [1.807, 2.05) is 6.92 Å². The van der Waals surface area contributed by atoms with Crippen LogP contribution < -0.4 is 4.74 Å². The number of halogens is 2. The fraction of sp³-hybridized carbons (Fsp3) is 0.304. The SMILES string of the molecule is CCOCCCN1C(=O)C(=O)C(=C(O)c2ccc(OC)cc2)C1c1ccc(Cl)cc1Cl. The third-order valence-electron chi connectivity index (χ3n) is 5.05. The molecule has 0 spiro atoms. The van der Waals surface area contributed by atoms with Gasteiger partial charge in [0, 0.05) is 35.4 Å². The van der Waals surface area contributed by atoms with Gasteiger partial charge in [0.2, 0.25) is 0 Å². The molecule has 164 valence electrons. The molecule has 31 heavy (non-hydrogen) atoms. The number of nitrogens with zero attached hydrogens (tertiary/aromatic N) is 1. The lowest BCUT2D eigenvalue weighted by atomic mass is 9.95. The Morgan fingerprint density at radius 1 is 1.13 bits per heavy atom. The van der Waals surface area contributed by atoms with Crippen molar-refractivity contribution in [2.45, 2.75) is 19.4 Å². The van der Waals surface area contributed by atoms with E-state index in [1.165, 1.54) is 12.0 Å². The van der Waals surface area contributed by atoms with Crippen molar-refractivity contribution in [3.8, 4) is 5.75 Å². The average Bonchev–Trinajstić information content (AvgIpc) is 3.01. The lowest BCUT2D eigenvalue weighted by Crippen LogP contribution is -2.31. The van der Waals surface area contributed by atoms with Crippen LogP contribution in [0.4, 0.5) is 0 Å². The summed E-state index contributed by atoms with van der Waals surface area (Å²) in [5, 5.41) is 11.8. The highest BCUT2D eigenvalue weighted by molar-refractivity contribution is 6.47. The Hall–Kier alpha value is -2.54. The predicted molar refractivity (Wildman–Crippen MR) is 120 cm³/mol. The number of carbonyl (C=O) groups is 2. The van der Waals surface area contributed by atoms with Crippen LogP contribution in [0.1, 0.15) is 30.5 Å². The lowest BCUT2D eigenvalue weighted by Gasteiger charge is -2.26. The fourth-order valence-electron chi connectivity index (χ4n) is 3.54. The van der Waals surface area contributed by atoms with Gasteiger partial charge < -0.3 is 19.5 Å². The number of amides is 1. The van der Waals surface area contributed by atoms with Gasteiger partial charge in [0.05, 0.1) is 18.7 Å². The van der Waals surface area contributed by atoms with Crippen molar-refractivity contribution in [3.63, 3.8) is 0 Å². The number of likely N-dealkylation sites (tertiary alicyclic amines) is 1. The van der Waals surface area contributed by atoms with E-state index < -0.39 is 17.7 Å². The maximum Gasteiger partial charge on any atom is 0.295 e. The largest absolute Gasteiger partial charge is 0.507 e. The second-order valence-corrected chi connectivity index (χ2v) is 7.78. The molecule has 1 aliphatic rings. The van der Waals surface area contributed by atoms with Gasteiger partial charge in [-0.15, -0.1) is 0 Å². The molecule has 1 unspecified atom stereocenters. The molecular formula is C23H23Cl2NO5. The molecule has 6 nitrogen and oxygen atoms in total. The van der Waals surface area contributed by atoms with E-state index in [4.69, 9.17) is 32.7 Å². The number of hydrogen-bond donors (Lipinski definition) is 1. The topological polar surface area (TPSA) is 76.1 Å². The number of hydrogen-bond acceptors (Lipinski definition) is 5. The zero-order valence-electron chi connectivity index (χ0n) is 17.2. The van der Waals surface area contributed by atoms with Crippen molar-refractivity contribution in [1.29, 1.82) is 0 Å². The first kappa shape index (κ1) is 23.1. The summed E-state index contributed by atoms with van der Waals surface area (Å²) in [6.07, 6.45) is 0.533. The highest BCUT2D eigenvalue weighted by Crippen LogP contribution is 2.42. The Bertz CT molecular complexity index is 1000. The first-order chi connectivity index (χ1) is 14.9. The third-order valence-corrected chi connectivity index (χ3v) is 5.61. The highest BCUT2D eigenvalue weighted by Gasteiger charge is 2.46. The van der Waals surface area contributed by atoms with Crippen molar-refractivity contribution in [1.82, 2.24) is 4.90 Å².